The summed E-state index contributed by atoms with van der Waals surface area (Å²) in [4.78, 5) is 28.6. The fourth-order valence-corrected chi connectivity index (χ4v) is 2.84. The molecule has 0 radical (unpaired) electrons. The van der Waals surface area contributed by atoms with E-state index in [-0.39, 0.29) is 24.8 Å². The van der Waals surface area contributed by atoms with Gasteiger partial charge in [-0.15, -0.1) is 0 Å². The van der Waals surface area contributed by atoms with Crippen molar-refractivity contribution in [3.05, 3.63) is 54.6 Å². The van der Waals surface area contributed by atoms with Crippen LogP contribution in [0.3, 0.4) is 0 Å². The summed E-state index contributed by atoms with van der Waals surface area (Å²) in [6, 6.07) is 17.6. The Morgan fingerprint density at radius 2 is 1.69 bits per heavy atom. The molecule has 2 N–H and O–H groups in total. The molecule has 0 aliphatic heterocycles. The number of hydrogen-bond acceptors (Lipinski definition) is 3. The van der Waals surface area contributed by atoms with Crippen molar-refractivity contribution in [3.8, 4) is 11.4 Å². The Labute approximate surface area is 152 Å². The smallest absolute Gasteiger partial charge is 0.240 e. The van der Waals surface area contributed by atoms with E-state index in [0.717, 1.165) is 22.4 Å². The standard InChI is InChI=1S/C20H22N4O2/c1-2-21-18(25)12-13-22-19(26)14-24-17-11-7-6-10-16(17)23-20(24)15-8-4-3-5-9-15/h3-11H,2,12-14H2,1H3,(H,21,25)(H,22,26). The number of hydrogen-bond donors (Lipinski definition) is 2. The minimum absolute atomic E-state index is 0.0640. The Kier molecular flexibility index (Phi) is 5.63. The average molecular weight is 350 g/mol. The van der Waals surface area contributed by atoms with Gasteiger partial charge in [0.05, 0.1) is 11.0 Å². The van der Waals surface area contributed by atoms with Gasteiger partial charge in [0, 0.05) is 25.1 Å². The maximum Gasteiger partial charge on any atom is 0.240 e. The molecule has 0 saturated heterocycles. The quantitative estimate of drug-likeness (QED) is 0.687. The zero-order valence-electron chi connectivity index (χ0n) is 14.7. The normalized spacial score (nSPS) is 10.7. The van der Waals surface area contributed by atoms with Crippen molar-refractivity contribution in [2.75, 3.05) is 13.1 Å². The van der Waals surface area contributed by atoms with Crippen molar-refractivity contribution in [1.82, 2.24) is 20.2 Å². The summed E-state index contributed by atoms with van der Waals surface area (Å²) >= 11 is 0. The fraction of sp³-hybridized carbons (Fsp3) is 0.250. The molecule has 3 aromatic rings. The molecule has 0 aliphatic rings. The number of carbonyl (C=O) groups is 2. The maximum absolute atomic E-state index is 12.4. The molecule has 0 aliphatic carbocycles. The van der Waals surface area contributed by atoms with Crippen LogP contribution in [0.4, 0.5) is 0 Å². The topological polar surface area (TPSA) is 76.0 Å². The Bertz CT molecular complexity index is 903. The number of carbonyl (C=O) groups excluding carboxylic acids is 2. The SMILES string of the molecule is CCNC(=O)CCNC(=O)Cn1c(-c2ccccc2)nc2ccccc21. The van der Waals surface area contributed by atoms with Gasteiger partial charge in [0.2, 0.25) is 11.8 Å². The minimum Gasteiger partial charge on any atom is -0.356 e. The van der Waals surface area contributed by atoms with Crippen LogP contribution in [-0.2, 0) is 16.1 Å². The third-order valence-electron chi connectivity index (χ3n) is 4.04. The van der Waals surface area contributed by atoms with Crippen LogP contribution in [0.5, 0.6) is 0 Å². The maximum atomic E-state index is 12.4. The molecular formula is C20H22N4O2. The fourth-order valence-electron chi connectivity index (χ4n) is 2.84. The summed E-state index contributed by atoms with van der Waals surface area (Å²) in [5, 5.41) is 5.52. The Hall–Kier alpha value is -3.15. The van der Waals surface area contributed by atoms with Crippen molar-refractivity contribution in [3.63, 3.8) is 0 Å². The summed E-state index contributed by atoms with van der Waals surface area (Å²) in [5.41, 5.74) is 2.71. The number of amides is 2. The van der Waals surface area contributed by atoms with E-state index >= 15 is 0 Å². The monoisotopic (exact) mass is 350 g/mol. The second-order valence-corrected chi connectivity index (χ2v) is 5.93. The van der Waals surface area contributed by atoms with E-state index in [1.165, 1.54) is 0 Å². The lowest BCUT2D eigenvalue weighted by molar-refractivity contribution is -0.122. The van der Waals surface area contributed by atoms with Crippen molar-refractivity contribution in [2.45, 2.75) is 19.9 Å². The van der Waals surface area contributed by atoms with Gasteiger partial charge in [-0.3, -0.25) is 9.59 Å². The van der Waals surface area contributed by atoms with Gasteiger partial charge in [0.25, 0.3) is 0 Å². The van der Waals surface area contributed by atoms with E-state index < -0.39 is 0 Å². The first kappa shape index (κ1) is 17.7. The van der Waals surface area contributed by atoms with Gasteiger partial charge in [0.15, 0.2) is 0 Å². The molecule has 6 nitrogen and oxygen atoms in total. The van der Waals surface area contributed by atoms with Crippen molar-refractivity contribution in [1.29, 1.82) is 0 Å². The predicted octanol–water partition coefficient (Wildman–Crippen LogP) is 2.35. The van der Waals surface area contributed by atoms with Gasteiger partial charge < -0.3 is 15.2 Å². The van der Waals surface area contributed by atoms with Gasteiger partial charge in [-0.25, -0.2) is 4.98 Å². The highest BCUT2D eigenvalue weighted by molar-refractivity contribution is 5.84. The first-order valence-corrected chi connectivity index (χ1v) is 8.73. The molecule has 134 valence electrons. The highest BCUT2D eigenvalue weighted by Gasteiger charge is 2.15. The molecule has 0 saturated carbocycles. The zero-order valence-corrected chi connectivity index (χ0v) is 14.7. The molecule has 0 spiro atoms. The number of rotatable bonds is 7. The molecule has 0 bridgehead atoms. The molecule has 0 fully saturated rings. The van der Waals surface area contributed by atoms with Gasteiger partial charge in [-0.05, 0) is 19.1 Å². The van der Waals surface area contributed by atoms with Crippen LogP contribution in [-0.4, -0.2) is 34.5 Å². The number of benzene rings is 2. The van der Waals surface area contributed by atoms with E-state index in [0.29, 0.717) is 13.1 Å². The van der Waals surface area contributed by atoms with Crippen LogP contribution in [0.25, 0.3) is 22.4 Å². The highest BCUT2D eigenvalue weighted by atomic mass is 16.2. The van der Waals surface area contributed by atoms with Gasteiger partial charge in [-0.2, -0.15) is 0 Å². The van der Waals surface area contributed by atoms with Gasteiger partial charge >= 0.3 is 0 Å². The lowest BCUT2D eigenvalue weighted by Gasteiger charge is -2.10. The molecule has 0 atom stereocenters. The lowest BCUT2D eigenvalue weighted by atomic mass is 10.2. The molecule has 2 aromatic carbocycles. The summed E-state index contributed by atoms with van der Waals surface area (Å²) < 4.78 is 1.91. The van der Waals surface area contributed by atoms with E-state index in [1.54, 1.807) is 0 Å². The average Bonchev–Trinajstić information content (AvgIpc) is 3.01. The van der Waals surface area contributed by atoms with Crippen LogP contribution < -0.4 is 10.6 Å². The number of nitrogens with zero attached hydrogens (tertiary/aromatic N) is 2. The molecule has 0 unspecified atom stereocenters. The number of imidazole rings is 1. The second-order valence-electron chi connectivity index (χ2n) is 5.93. The van der Waals surface area contributed by atoms with Crippen LogP contribution in [0.15, 0.2) is 54.6 Å². The number of aromatic nitrogens is 2. The van der Waals surface area contributed by atoms with E-state index in [2.05, 4.69) is 15.6 Å². The Morgan fingerprint density at radius 1 is 0.962 bits per heavy atom. The van der Waals surface area contributed by atoms with Crippen molar-refractivity contribution >= 4 is 22.8 Å². The predicted molar refractivity (Wildman–Crippen MR) is 101 cm³/mol. The van der Waals surface area contributed by atoms with E-state index in [1.807, 2.05) is 66.1 Å². The van der Waals surface area contributed by atoms with Crippen molar-refractivity contribution in [2.24, 2.45) is 0 Å². The summed E-state index contributed by atoms with van der Waals surface area (Å²) in [7, 11) is 0. The second kappa shape index (κ2) is 8.29. The van der Waals surface area contributed by atoms with Crippen LogP contribution in [0.1, 0.15) is 13.3 Å². The Balaban J connectivity index is 1.78. The van der Waals surface area contributed by atoms with Gasteiger partial charge in [0.1, 0.15) is 12.4 Å². The number of para-hydroxylation sites is 2. The Morgan fingerprint density at radius 3 is 2.46 bits per heavy atom. The molecule has 2 amide bonds. The molecule has 1 heterocycles. The first-order valence-electron chi connectivity index (χ1n) is 8.73. The van der Waals surface area contributed by atoms with Crippen LogP contribution in [0, 0.1) is 0 Å². The molecule has 26 heavy (non-hydrogen) atoms. The third-order valence-corrected chi connectivity index (χ3v) is 4.04. The summed E-state index contributed by atoms with van der Waals surface area (Å²) in [6.07, 6.45) is 0.274. The highest BCUT2D eigenvalue weighted by Crippen LogP contribution is 2.24. The van der Waals surface area contributed by atoms with E-state index in [9.17, 15) is 9.59 Å². The third kappa shape index (κ3) is 4.08. The number of nitrogens with one attached hydrogen (secondary N) is 2. The van der Waals surface area contributed by atoms with E-state index in [4.69, 9.17) is 0 Å². The molecule has 6 heteroatoms. The first-order chi connectivity index (χ1) is 12.7. The molecular weight excluding hydrogens is 328 g/mol. The lowest BCUT2D eigenvalue weighted by Crippen LogP contribution is -2.32. The molecule has 1 aromatic heterocycles. The van der Waals surface area contributed by atoms with Crippen LogP contribution >= 0.6 is 0 Å². The molecule has 3 rings (SSSR count). The number of fused-ring (bicyclic) bond motifs is 1. The summed E-state index contributed by atoms with van der Waals surface area (Å²) in [5.74, 6) is 0.547. The largest absolute Gasteiger partial charge is 0.356 e. The summed E-state index contributed by atoms with van der Waals surface area (Å²) in [6.45, 7) is 2.93. The van der Waals surface area contributed by atoms with Crippen molar-refractivity contribution < 1.29 is 9.59 Å². The van der Waals surface area contributed by atoms with Crippen LogP contribution in [0.2, 0.25) is 0 Å². The van der Waals surface area contributed by atoms with Gasteiger partial charge in [-0.1, -0.05) is 42.5 Å². The zero-order chi connectivity index (χ0) is 18.4. The minimum atomic E-state index is -0.144.